The Kier molecular flexibility index (Phi) is 3.40. The molecule has 1 amide bonds. The molecule has 0 aliphatic carbocycles. The van der Waals surface area contributed by atoms with E-state index in [0.29, 0.717) is 6.42 Å². The molecule has 4 heteroatoms. The van der Waals surface area contributed by atoms with Gasteiger partial charge in [0.25, 0.3) is 0 Å². The van der Waals surface area contributed by atoms with Crippen molar-refractivity contribution in [2.24, 2.45) is 5.73 Å². The first kappa shape index (κ1) is 7.92. The van der Waals surface area contributed by atoms with Crippen molar-refractivity contribution in [2.75, 3.05) is 0 Å². The summed E-state index contributed by atoms with van der Waals surface area (Å²) in [6.45, 7) is 1.78. The maximum Gasteiger partial charge on any atom is 0.249 e. The molecule has 0 rings (SSSR count). The Bertz CT molecular complexity index is 138. The zero-order valence-electron chi connectivity index (χ0n) is 5.22. The predicted molar refractivity (Wildman–Crippen MR) is 32.0 cm³/mol. The van der Waals surface area contributed by atoms with Crippen molar-refractivity contribution in [2.45, 2.75) is 19.4 Å². The molecular weight excluding hydrogens is 118 g/mol. The molecule has 0 bridgehead atoms. The van der Waals surface area contributed by atoms with Crippen LogP contribution < -0.4 is 11.1 Å². The molecule has 0 aliphatic rings. The van der Waals surface area contributed by atoms with Gasteiger partial charge in [0, 0.05) is 0 Å². The highest BCUT2D eigenvalue weighted by molar-refractivity contribution is 5.82. The Labute approximate surface area is 53.6 Å². The van der Waals surface area contributed by atoms with Gasteiger partial charge in [0.05, 0.1) is 6.04 Å². The molecule has 0 aromatic rings. The molecule has 9 heavy (non-hydrogen) atoms. The first-order chi connectivity index (χ1) is 4.22. The number of hydrogen-bond donors (Lipinski definition) is 2. The lowest BCUT2D eigenvalue weighted by atomic mass is 10.2. The second kappa shape index (κ2) is 3.87. The first-order valence-electron chi connectivity index (χ1n) is 2.67. The molecule has 1 unspecified atom stereocenters. The summed E-state index contributed by atoms with van der Waals surface area (Å²) in [5, 5.41) is 9.88. The van der Waals surface area contributed by atoms with Crippen LogP contribution in [0.5, 0.6) is 0 Å². The second-order valence-electron chi connectivity index (χ2n) is 1.62. The van der Waals surface area contributed by atoms with E-state index in [-0.39, 0.29) is 0 Å². The van der Waals surface area contributed by atoms with E-state index < -0.39 is 11.9 Å². The summed E-state index contributed by atoms with van der Waals surface area (Å²) in [5.74, 6) is -0.417. The summed E-state index contributed by atoms with van der Waals surface area (Å²) in [4.78, 5) is 10.5. The summed E-state index contributed by atoms with van der Waals surface area (Å²) >= 11 is 0. The Balaban J connectivity index is 3.62. The van der Waals surface area contributed by atoms with Crippen molar-refractivity contribution < 1.29 is 4.79 Å². The first-order valence-corrected chi connectivity index (χ1v) is 2.67. The van der Waals surface area contributed by atoms with Crippen molar-refractivity contribution in [1.82, 2.24) is 5.32 Å². The van der Waals surface area contributed by atoms with E-state index in [1.54, 1.807) is 6.92 Å². The quantitative estimate of drug-likeness (QED) is 0.381. The Morgan fingerprint density at radius 1 is 2.00 bits per heavy atom. The summed E-state index contributed by atoms with van der Waals surface area (Å²) in [6, 6.07) is -0.551. The maximum atomic E-state index is 10.5. The van der Waals surface area contributed by atoms with Gasteiger partial charge in [0.15, 0.2) is 6.19 Å². The number of carbonyl (C=O) groups excluding carboxylic acids is 1. The molecule has 0 heterocycles. The van der Waals surface area contributed by atoms with Crippen LogP contribution in [0.4, 0.5) is 0 Å². The maximum absolute atomic E-state index is 10.5. The Morgan fingerprint density at radius 2 is 2.56 bits per heavy atom. The molecule has 0 radical (unpaired) electrons. The van der Waals surface area contributed by atoms with Gasteiger partial charge in [0.2, 0.25) is 5.91 Å². The number of rotatable bonds is 2. The number of nitriles is 1. The standard InChI is InChI=1S/C5H9N3O/c1-2-4(7)5(9)8-3-6/h4H,2,7H2,1H3,(H,8,9). The zero-order valence-corrected chi connectivity index (χ0v) is 5.22. The van der Waals surface area contributed by atoms with E-state index >= 15 is 0 Å². The van der Waals surface area contributed by atoms with Crippen molar-refractivity contribution in [3.05, 3.63) is 0 Å². The smallest absolute Gasteiger partial charge is 0.249 e. The minimum atomic E-state index is -0.551. The third-order valence-corrected chi connectivity index (χ3v) is 0.956. The van der Waals surface area contributed by atoms with E-state index in [9.17, 15) is 4.79 Å². The van der Waals surface area contributed by atoms with Gasteiger partial charge < -0.3 is 5.73 Å². The predicted octanol–water partition coefficient (Wildman–Crippen LogP) is -0.679. The van der Waals surface area contributed by atoms with Gasteiger partial charge >= 0.3 is 0 Å². The fourth-order valence-electron chi connectivity index (χ4n) is 0.333. The minimum Gasteiger partial charge on any atom is -0.320 e. The van der Waals surface area contributed by atoms with Crippen molar-refractivity contribution in [3.63, 3.8) is 0 Å². The van der Waals surface area contributed by atoms with Gasteiger partial charge in [-0.05, 0) is 6.42 Å². The molecule has 0 fully saturated rings. The normalized spacial score (nSPS) is 11.7. The topological polar surface area (TPSA) is 78.9 Å². The van der Waals surface area contributed by atoms with Crippen LogP contribution in [-0.2, 0) is 4.79 Å². The summed E-state index contributed by atoms with van der Waals surface area (Å²) in [7, 11) is 0. The Hall–Kier alpha value is -1.08. The fourth-order valence-corrected chi connectivity index (χ4v) is 0.333. The highest BCUT2D eigenvalue weighted by Crippen LogP contribution is 1.83. The van der Waals surface area contributed by atoms with Gasteiger partial charge in [-0.2, -0.15) is 5.26 Å². The lowest BCUT2D eigenvalue weighted by molar-refractivity contribution is -0.121. The van der Waals surface area contributed by atoms with Crippen LogP contribution in [0.3, 0.4) is 0 Å². The lowest BCUT2D eigenvalue weighted by Gasteiger charge is -2.02. The molecule has 1 atom stereocenters. The third kappa shape index (κ3) is 2.67. The van der Waals surface area contributed by atoms with Gasteiger partial charge in [-0.1, -0.05) is 6.92 Å². The monoisotopic (exact) mass is 127 g/mol. The molecule has 0 aromatic heterocycles. The number of carbonyl (C=O) groups is 1. The summed E-state index contributed by atoms with van der Waals surface area (Å²) in [6.07, 6.45) is 2.05. The van der Waals surface area contributed by atoms with Crippen LogP contribution in [-0.4, -0.2) is 11.9 Å². The summed E-state index contributed by atoms with van der Waals surface area (Å²) < 4.78 is 0. The van der Waals surface area contributed by atoms with E-state index in [2.05, 4.69) is 0 Å². The molecule has 0 aromatic carbocycles. The molecule has 50 valence electrons. The zero-order chi connectivity index (χ0) is 7.28. The number of nitrogens with two attached hydrogens (primary N) is 1. The third-order valence-electron chi connectivity index (χ3n) is 0.956. The number of hydrogen-bond acceptors (Lipinski definition) is 3. The van der Waals surface area contributed by atoms with E-state index in [4.69, 9.17) is 11.0 Å². The van der Waals surface area contributed by atoms with Crippen LogP contribution in [0.25, 0.3) is 0 Å². The van der Waals surface area contributed by atoms with E-state index in [0.717, 1.165) is 0 Å². The highest BCUT2D eigenvalue weighted by atomic mass is 16.2. The molecule has 0 aliphatic heterocycles. The summed E-state index contributed by atoms with van der Waals surface area (Å²) in [5.41, 5.74) is 5.24. The van der Waals surface area contributed by atoms with E-state index in [1.807, 2.05) is 5.32 Å². The average molecular weight is 127 g/mol. The van der Waals surface area contributed by atoms with Gasteiger partial charge in [-0.3, -0.25) is 10.1 Å². The van der Waals surface area contributed by atoms with Crippen molar-refractivity contribution >= 4 is 5.91 Å². The fraction of sp³-hybridized carbons (Fsp3) is 0.600. The van der Waals surface area contributed by atoms with Gasteiger partial charge in [-0.15, -0.1) is 0 Å². The Morgan fingerprint density at radius 3 is 2.89 bits per heavy atom. The van der Waals surface area contributed by atoms with Gasteiger partial charge in [0.1, 0.15) is 0 Å². The lowest BCUT2D eigenvalue weighted by Crippen LogP contribution is -2.37. The molecule has 0 spiro atoms. The number of nitrogens with zero attached hydrogens (tertiary/aromatic N) is 1. The average Bonchev–Trinajstić information content (AvgIpc) is 1.87. The van der Waals surface area contributed by atoms with E-state index in [1.165, 1.54) is 6.19 Å². The van der Waals surface area contributed by atoms with Crippen molar-refractivity contribution in [1.29, 1.82) is 5.26 Å². The molecule has 3 N–H and O–H groups in total. The molecular formula is C5H9N3O. The van der Waals surface area contributed by atoms with Crippen LogP contribution in [0.2, 0.25) is 0 Å². The molecule has 0 saturated heterocycles. The SMILES string of the molecule is CCC(N)C(=O)NC#N. The highest BCUT2D eigenvalue weighted by Gasteiger charge is 2.08. The van der Waals surface area contributed by atoms with Crippen LogP contribution in [0.1, 0.15) is 13.3 Å². The van der Waals surface area contributed by atoms with Crippen LogP contribution >= 0.6 is 0 Å². The van der Waals surface area contributed by atoms with Crippen LogP contribution in [0.15, 0.2) is 0 Å². The largest absolute Gasteiger partial charge is 0.320 e. The van der Waals surface area contributed by atoms with Gasteiger partial charge in [-0.25, -0.2) is 0 Å². The molecule has 4 nitrogen and oxygen atoms in total. The number of nitrogens with one attached hydrogen (secondary N) is 1. The molecule has 0 saturated carbocycles. The minimum absolute atomic E-state index is 0.417. The number of amides is 1. The second-order valence-corrected chi connectivity index (χ2v) is 1.62. The van der Waals surface area contributed by atoms with Crippen molar-refractivity contribution in [3.8, 4) is 6.19 Å². The van der Waals surface area contributed by atoms with Crippen LogP contribution in [0, 0.1) is 11.5 Å².